The number of aryl methyl sites for hydroxylation is 1. The van der Waals surface area contributed by atoms with E-state index in [-0.39, 0.29) is 5.41 Å². The molecule has 0 heterocycles. The zero-order valence-corrected chi connectivity index (χ0v) is 13.2. The third-order valence-electron chi connectivity index (χ3n) is 7.10. The Bertz CT molecular complexity index is 658. The molecule has 0 radical (unpaired) electrons. The van der Waals surface area contributed by atoms with Crippen molar-refractivity contribution in [3.05, 3.63) is 29.3 Å². The largest absolute Gasteiger partial charge is 0.508 e. The second-order valence-electron chi connectivity index (χ2n) is 7.80. The summed E-state index contributed by atoms with van der Waals surface area (Å²) in [7, 11) is 0. The van der Waals surface area contributed by atoms with Crippen LogP contribution in [0.25, 0.3) is 0 Å². The van der Waals surface area contributed by atoms with Gasteiger partial charge in [0, 0.05) is 5.41 Å². The lowest BCUT2D eigenvalue weighted by Gasteiger charge is -2.52. The Labute approximate surface area is 132 Å². The van der Waals surface area contributed by atoms with Gasteiger partial charge in [-0.15, -0.1) is 6.42 Å². The van der Waals surface area contributed by atoms with Crippen LogP contribution in [-0.2, 0) is 6.42 Å². The van der Waals surface area contributed by atoms with E-state index < -0.39 is 5.60 Å². The molecule has 1 aromatic rings. The minimum Gasteiger partial charge on any atom is -0.508 e. The maximum Gasteiger partial charge on any atom is 0.130 e. The van der Waals surface area contributed by atoms with Crippen molar-refractivity contribution in [2.45, 2.75) is 57.0 Å². The van der Waals surface area contributed by atoms with E-state index in [0.29, 0.717) is 23.5 Å². The summed E-state index contributed by atoms with van der Waals surface area (Å²) in [5, 5.41) is 20.6. The molecule has 0 bridgehead atoms. The lowest BCUT2D eigenvalue weighted by Crippen LogP contribution is -2.50. The molecule has 1 unspecified atom stereocenters. The quantitative estimate of drug-likeness (QED) is 0.718. The average molecular weight is 296 g/mol. The number of phenolic OH excluding ortho intramolecular Hbond substituents is 1. The number of hydrogen-bond donors (Lipinski definition) is 2. The van der Waals surface area contributed by atoms with Gasteiger partial charge in [0.1, 0.15) is 11.4 Å². The number of benzene rings is 1. The van der Waals surface area contributed by atoms with Gasteiger partial charge in [-0.2, -0.15) is 0 Å². The van der Waals surface area contributed by atoms with Crippen molar-refractivity contribution in [1.29, 1.82) is 0 Å². The Kier molecular flexibility index (Phi) is 2.91. The first kappa shape index (κ1) is 14.2. The number of rotatable bonds is 0. The lowest BCUT2D eigenvalue weighted by molar-refractivity contribution is -0.0646. The van der Waals surface area contributed by atoms with Crippen molar-refractivity contribution in [3.63, 3.8) is 0 Å². The molecule has 2 nitrogen and oxygen atoms in total. The second-order valence-corrected chi connectivity index (χ2v) is 7.80. The van der Waals surface area contributed by atoms with Crippen LogP contribution in [0.1, 0.15) is 56.1 Å². The normalized spacial score (nSPS) is 42.9. The van der Waals surface area contributed by atoms with Crippen LogP contribution in [0, 0.1) is 29.6 Å². The third kappa shape index (κ3) is 1.66. The van der Waals surface area contributed by atoms with E-state index in [2.05, 4.69) is 18.9 Å². The Morgan fingerprint density at radius 2 is 2.05 bits per heavy atom. The molecule has 2 fully saturated rings. The molecule has 116 valence electrons. The Hall–Kier alpha value is -1.46. The van der Waals surface area contributed by atoms with Crippen LogP contribution in [0.3, 0.4) is 0 Å². The fraction of sp³-hybridized carbons (Fsp3) is 0.600. The number of aromatic hydroxyl groups is 1. The molecule has 4 rings (SSSR count). The lowest BCUT2D eigenvalue weighted by atomic mass is 9.53. The van der Waals surface area contributed by atoms with Crippen molar-refractivity contribution in [3.8, 4) is 18.1 Å². The summed E-state index contributed by atoms with van der Waals surface area (Å²) in [5.74, 6) is 4.82. The molecule has 0 spiro atoms. The van der Waals surface area contributed by atoms with Crippen molar-refractivity contribution in [1.82, 2.24) is 0 Å². The van der Waals surface area contributed by atoms with Gasteiger partial charge in [0.25, 0.3) is 0 Å². The zero-order chi connectivity index (χ0) is 15.5. The molecule has 5 atom stereocenters. The summed E-state index contributed by atoms with van der Waals surface area (Å²) < 4.78 is 0. The van der Waals surface area contributed by atoms with Crippen LogP contribution < -0.4 is 0 Å². The molecular weight excluding hydrogens is 272 g/mol. The van der Waals surface area contributed by atoms with Gasteiger partial charge in [-0.25, -0.2) is 0 Å². The Morgan fingerprint density at radius 3 is 2.82 bits per heavy atom. The van der Waals surface area contributed by atoms with Gasteiger partial charge in [0.15, 0.2) is 0 Å². The van der Waals surface area contributed by atoms with Crippen molar-refractivity contribution in [2.75, 3.05) is 0 Å². The van der Waals surface area contributed by atoms with Crippen molar-refractivity contribution >= 4 is 0 Å². The predicted molar refractivity (Wildman–Crippen MR) is 86.5 cm³/mol. The predicted octanol–water partition coefficient (Wildman–Crippen LogP) is 3.61. The van der Waals surface area contributed by atoms with Crippen molar-refractivity contribution < 1.29 is 10.2 Å². The van der Waals surface area contributed by atoms with E-state index in [1.165, 1.54) is 11.1 Å². The Morgan fingerprint density at radius 1 is 1.23 bits per heavy atom. The van der Waals surface area contributed by atoms with Crippen LogP contribution in [0.4, 0.5) is 0 Å². The Balaban J connectivity index is 1.72. The maximum absolute atomic E-state index is 10.9. The number of aliphatic hydroxyl groups is 1. The van der Waals surface area contributed by atoms with Gasteiger partial charge in [0.2, 0.25) is 0 Å². The van der Waals surface area contributed by atoms with Crippen LogP contribution in [0.15, 0.2) is 18.2 Å². The molecule has 0 saturated heterocycles. The van der Waals surface area contributed by atoms with E-state index in [1.807, 2.05) is 12.1 Å². The van der Waals surface area contributed by atoms with Crippen LogP contribution in [0.5, 0.6) is 5.75 Å². The monoisotopic (exact) mass is 296 g/mol. The number of fused-ring (bicyclic) bond motifs is 5. The van der Waals surface area contributed by atoms with Crippen molar-refractivity contribution in [2.24, 2.45) is 17.3 Å². The highest BCUT2D eigenvalue weighted by Gasteiger charge is 2.61. The summed E-state index contributed by atoms with van der Waals surface area (Å²) >= 11 is 0. The standard InChI is InChI=1S/C20H24O2/c1-3-20(22)11-9-18-17-6-4-13-12-14(21)5-7-15(13)16(17)8-10-19(18,20)2/h1,5,7,12,16-18,21-22H,4,6,8-11H2,2H3/t16-,17-,18+,19?,20-/m1/s1. The molecule has 1 aromatic carbocycles. The maximum atomic E-state index is 10.9. The van der Waals surface area contributed by atoms with Gasteiger partial charge < -0.3 is 10.2 Å². The molecule has 0 amide bonds. The fourth-order valence-electron chi connectivity index (χ4n) is 5.82. The molecule has 0 aliphatic heterocycles. The number of terminal acetylenes is 1. The molecule has 2 saturated carbocycles. The molecule has 3 aliphatic carbocycles. The number of hydrogen-bond acceptors (Lipinski definition) is 2. The van der Waals surface area contributed by atoms with E-state index >= 15 is 0 Å². The van der Waals surface area contributed by atoms with Gasteiger partial charge >= 0.3 is 0 Å². The van der Waals surface area contributed by atoms with Gasteiger partial charge in [-0.3, -0.25) is 0 Å². The third-order valence-corrected chi connectivity index (χ3v) is 7.10. The summed E-state index contributed by atoms with van der Waals surface area (Å²) in [6, 6.07) is 5.87. The van der Waals surface area contributed by atoms with E-state index in [9.17, 15) is 10.2 Å². The minimum atomic E-state index is -0.919. The molecule has 3 aliphatic rings. The van der Waals surface area contributed by atoms with E-state index in [1.54, 1.807) is 0 Å². The SMILES string of the molecule is C#C[C@@]1(O)CC[C@H]2[C@@H]3CCc4cc(O)ccc4[C@H]3CCC21C. The van der Waals surface area contributed by atoms with E-state index in [0.717, 1.165) is 38.5 Å². The molecule has 22 heavy (non-hydrogen) atoms. The highest BCUT2D eigenvalue weighted by molar-refractivity contribution is 5.40. The smallest absolute Gasteiger partial charge is 0.130 e. The van der Waals surface area contributed by atoms with Gasteiger partial charge in [-0.1, -0.05) is 18.9 Å². The summed E-state index contributed by atoms with van der Waals surface area (Å²) in [6.45, 7) is 2.22. The summed E-state index contributed by atoms with van der Waals surface area (Å²) in [5.41, 5.74) is 1.69. The van der Waals surface area contributed by atoms with Crippen LogP contribution >= 0.6 is 0 Å². The van der Waals surface area contributed by atoms with Gasteiger partial charge in [-0.05, 0) is 79.5 Å². The molecule has 2 N–H and O–H groups in total. The average Bonchev–Trinajstić information content (AvgIpc) is 2.79. The first-order valence-electron chi connectivity index (χ1n) is 8.50. The first-order valence-corrected chi connectivity index (χ1v) is 8.50. The van der Waals surface area contributed by atoms with Gasteiger partial charge in [0.05, 0.1) is 0 Å². The highest BCUT2D eigenvalue weighted by Crippen LogP contribution is 2.64. The van der Waals surface area contributed by atoms with E-state index in [4.69, 9.17) is 6.42 Å². The second kappa shape index (κ2) is 4.52. The molecule has 0 aromatic heterocycles. The summed E-state index contributed by atoms with van der Waals surface area (Å²) in [6.07, 6.45) is 11.8. The first-order chi connectivity index (χ1) is 10.5. The number of phenols is 1. The zero-order valence-electron chi connectivity index (χ0n) is 13.2. The summed E-state index contributed by atoms with van der Waals surface area (Å²) in [4.78, 5) is 0. The topological polar surface area (TPSA) is 40.5 Å². The van der Waals surface area contributed by atoms with Crippen LogP contribution in [-0.4, -0.2) is 15.8 Å². The fourth-order valence-corrected chi connectivity index (χ4v) is 5.82. The minimum absolute atomic E-state index is 0.128. The molecular formula is C20H24O2. The highest BCUT2D eigenvalue weighted by atomic mass is 16.3. The van der Waals surface area contributed by atoms with Crippen LogP contribution in [0.2, 0.25) is 0 Å². The molecule has 2 heteroatoms.